The maximum Gasteiger partial charge on any atom is 0.343 e. The Morgan fingerprint density at radius 2 is 2.13 bits per heavy atom. The van der Waals surface area contributed by atoms with Crippen molar-refractivity contribution in [3.05, 3.63) is 62.2 Å². The number of rotatable bonds is 8. The van der Waals surface area contributed by atoms with Crippen molar-refractivity contribution in [3.63, 3.8) is 0 Å². The third kappa shape index (κ3) is 4.45. The topological polar surface area (TPSA) is 152 Å². The summed E-state index contributed by atoms with van der Waals surface area (Å²) in [7, 11) is 0. The van der Waals surface area contributed by atoms with Crippen LogP contribution < -0.4 is 10.9 Å². The van der Waals surface area contributed by atoms with E-state index < -0.39 is 35.5 Å². The number of aromatic nitrogens is 2. The average Bonchev–Trinajstić information content (AvgIpc) is 3.29. The highest BCUT2D eigenvalue weighted by atomic mass is 19.1. The van der Waals surface area contributed by atoms with Gasteiger partial charge in [-0.2, -0.15) is 0 Å². The Bertz CT molecular complexity index is 1600. The molecule has 3 N–H and O–H groups in total. The van der Waals surface area contributed by atoms with E-state index in [2.05, 4.69) is 15.5 Å². The van der Waals surface area contributed by atoms with Crippen LogP contribution in [0.3, 0.4) is 0 Å². The zero-order valence-corrected chi connectivity index (χ0v) is 21.4. The van der Waals surface area contributed by atoms with Gasteiger partial charge in [0, 0.05) is 41.1 Å². The predicted octanol–water partition coefficient (Wildman–Crippen LogP) is 1.38. The third-order valence-electron chi connectivity index (χ3n) is 7.15. The number of amides is 1. The molecule has 2 aromatic heterocycles. The number of halogens is 1. The van der Waals surface area contributed by atoms with E-state index in [1.54, 1.807) is 26.0 Å². The lowest BCUT2D eigenvalue weighted by atomic mass is 9.86. The number of carbonyl (C=O) groups excluding carboxylic acids is 2. The Kier molecular flexibility index (Phi) is 6.91. The average molecular weight is 539 g/mol. The number of fused-ring (bicyclic) bond motifs is 5. The molecule has 1 aromatic carbocycles. The van der Waals surface area contributed by atoms with Crippen LogP contribution in [0.5, 0.6) is 0 Å². The van der Waals surface area contributed by atoms with Crippen molar-refractivity contribution in [1.82, 2.24) is 14.9 Å². The predicted molar refractivity (Wildman–Crippen MR) is 137 cm³/mol. The lowest BCUT2D eigenvalue weighted by Crippen LogP contribution is -2.44. The first-order valence-corrected chi connectivity index (χ1v) is 12.5. The van der Waals surface area contributed by atoms with Gasteiger partial charge in [0.05, 0.1) is 35.2 Å². The van der Waals surface area contributed by atoms with E-state index in [0.29, 0.717) is 51.9 Å². The number of nitrogens with one attached hydrogen (secondary N) is 1. The van der Waals surface area contributed by atoms with Crippen LogP contribution in [0.4, 0.5) is 4.39 Å². The van der Waals surface area contributed by atoms with Crippen LogP contribution in [-0.4, -0.2) is 57.6 Å². The second kappa shape index (κ2) is 10.2. The number of aryl methyl sites for hydroxylation is 1. The molecule has 204 valence electrons. The number of benzene rings is 1. The molecule has 0 bridgehead atoms. The smallest absolute Gasteiger partial charge is 0.343 e. The number of aliphatic hydroxyl groups is 2. The molecule has 1 amide bonds. The molecule has 11 nitrogen and oxygen atoms in total. The molecule has 4 heterocycles. The molecular formula is C27H27FN4O7. The van der Waals surface area contributed by atoms with E-state index in [1.165, 1.54) is 16.8 Å². The first-order chi connectivity index (χ1) is 18.7. The lowest BCUT2D eigenvalue weighted by Gasteiger charge is -2.31. The molecule has 12 heteroatoms. The van der Waals surface area contributed by atoms with Crippen molar-refractivity contribution in [2.24, 2.45) is 5.16 Å². The Hall–Kier alpha value is -4.16. The van der Waals surface area contributed by atoms with Crippen molar-refractivity contribution in [3.8, 4) is 11.4 Å². The molecule has 0 fully saturated rings. The van der Waals surface area contributed by atoms with E-state index in [9.17, 15) is 23.9 Å². The molecule has 1 atom stereocenters. The number of oxime groups is 1. The van der Waals surface area contributed by atoms with Crippen LogP contribution in [0, 0.1) is 12.7 Å². The molecule has 0 aliphatic carbocycles. The first kappa shape index (κ1) is 26.4. The number of pyridine rings is 2. The van der Waals surface area contributed by atoms with Crippen LogP contribution in [0.1, 0.15) is 47.6 Å². The van der Waals surface area contributed by atoms with Crippen molar-refractivity contribution in [2.75, 3.05) is 19.8 Å². The number of cyclic esters (lactones) is 1. The summed E-state index contributed by atoms with van der Waals surface area (Å²) in [6.45, 7) is 3.07. The molecular weight excluding hydrogens is 511 g/mol. The number of hydrogen-bond donors (Lipinski definition) is 3. The third-order valence-corrected chi connectivity index (χ3v) is 7.15. The second-order valence-corrected chi connectivity index (χ2v) is 9.50. The van der Waals surface area contributed by atoms with E-state index in [0.717, 1.165) is 0 Å². The zero-order valence-electron chi connectivity index (χ0n) is 21.4. The minimum absolute atomic E-state index is 0.0170. The maximum atomic E-state index is 14.5. The van der Waals surface area contributed by atoms with Crippen molar-refractivity contribution >= 4 is 29.0 Å². The zero-order chi connectivity index (χ0) is 27.9. The standard InChI is InChI=1S/C27H27FN4O7/c1-3-27(37)19-8-22-24-17(11-32(22)25(35)18(19)13-38-26(27)36)16(10-30-39-6-4-5-29-23(34)12-33)15-7-14(2)20(28)9-21(15)31-24/h7-10,33,37H,3-6,11-13H2,1-2H3,(H,29,34). The normalized spacial score (nSPS) is 17.6. The van der Waals surface area contributed by atoms with Gasteiger partial charge in [-0.15, -0.1) is 0 Å². The van der Waals surface area contributed by atoms with Crippen molar-refractivity contribution in [1.29, 1.82) is 0 Å². The van der Waals surface area contributed by atoms with Crippen LogP contribution in [0.2, 0.25) is 0 Å². The van der Waals surface area contributed by atoms with Gasteiger partial charge in [0.15, 0.2) is 5.60 Å². The van der Waals surface area contributed by atoms with E-state index in [-0.39, 0.29) is 37.3 Å². The Morgan fingerprint density at radius 3 is 2.87 bits per heavy atom. The van der Waals surface area contributed by atoms with Crippen LogP contribution in [0.15, 0.2) is 28.1 Å². The van der Waals surface area contributed by atoms with Gasteiger partial charge < -0.3 is 29.7 Å². The van der Waals surface area contributed by atoms with Gasteiger partial charge >= 0.3 is 5.97 Å². The maximum absolute atomic E-state index is 14.5. The number of esters is 1. The number of hydrogen-bond acceptors (Lipinski definition) is 9. The molecule has 0 saturated heterocycles. The molecule has 1 unspecified atom stereocenters. The van der Waals surface area contributed by atoms with Gasteiger partial charge in [0.25, 0.3) is 5.56 Å². The molecule has 3 aromatic rings. The van der Waals surface area contributed by atoms with Gasteiger partial charge in [-0.3, -0.25) is 9.59 Å². The molecule has 0 saturated carbocycles. The molecule has 2 aliphatic heterocycles. The van der Waals surface area contributed by atoms with Gasteiger partial charge in [-0.1, -0.05) is 12.1 Å². The fourth-order valence-corrected chi connectivity index (χ4v) is 4.95. The quantitative estimate of drug-likeness (QED) is 0.132. The Morgan fingerprint density at radius 1 is 1.33 bits per heavy atom. The monoisotopic (exact) mass is 538 g/mol. The summed E-state index contributed by atoms with van der Waals surface area (Å²) < 4.78 is 21.1. The molecule has 2 aliphatic rings. The SMILES string of the molecule is CCC1(O)C(=O)OCc2c1cc1n(c2=O)Cc2c-1nc1cc(F)c(C)cc1c2C=NOCCCNC(=O)CO. The van der Waals surface area contributed by atoms with E-state index in [1.807, 2.05) is 0 Å². The molecule has 5 rings (SSSR count). The minimum Gasteiger partial charge on any atom is -0.458 e. The number of nitrogens with zero attached hydrogens (tertiary/aromatic N) is 3. The number of aliphatic hydroxyl groups excluding tert-OH is 1. The summed E-state index contributed by atoms with van der Waals surface area (Å²) in [6, 6.07) is 4.56. The molecule has 39 heavy (non-hydrogen) atoms. The highest BCUT2D eigenvalue weighted by Gasteiger charge is 2.45. The Labute approximate surface area is 221 Å². The summed E-state index contributed by atoms with van der Waals surface area (Å²) in [5, 5.41) is 27.0. The minimum atomic E-state index is -1.96. The summed E-state index contributed by atoms with van der Waals surface area (Å²) in [6.07, 6.45) is 1.96. The van der Waals surface area contributed by atoms with Gasteiger partial charge in [0.1, 0.15) is 25.6 Å². The first-order valence-electron chi connectivity index (χ1n) is 12.5. The molecule has 0 spiro atoms. The highest BCUT2D eigenvalue weighted by molar-refractivity contribution is 6.02. The lowest BCUT2D eigenvalue weighted by molar-refractivity contribution is -0.172. The number of ether oxygens (including phenoxy) is 1. The fraction of sp³-hybridized carbons (Fsp3) is 0.370. The van der Waals surface area contributed by atoms with Crippen molar-refractivity contribution < 1.29 is 33.8 Å². The van der Waals surface area contributed by atoms with Crippen LogP contribution >= 0.6 is 0 Å². The van der Waals surface area contributed by atoms with Crippen molar-refractivity contribution in [2.45, 2.75) is 45.4 Å². The highest BCUT2D eigenvalue weighted by Crippen LogP contribution is 2.40. The Balaban J connectivity index is 1.57. The van der Waals surface area contributed by atoms with Crippen LogP contribution in [0.25, 0.3) is 22.3 Å². The second-order valence-electron chi connectivity index (χ2n) is 9.50. The summed E-state index contributed by atoms with van der Waals surface area (Å²) in [5.41, 5.74) is 0.830. The summed E-state index contributed by atoms with van der Waals surface area (Å²) in [4.78, 5) is 47.1. The van der Waals surface area contributed by atoms with E-state index in [4.69, 9.17) is 14.7 Å². The summed E-state index contributed by atoms with van der Waals surface area (Å²) in [5.74, 6) is -1.74. The van der Waals surface area contributed by atoms with Gasteiger partial charge in [-0.25, -0.2) is 14.2 Å². The number of carbonyl (C=O) groups is 2. The van der Waals surface area contributed by atoms with Gasteiger partial charge in [0.2, 0.25) is 5.91 Å². The molecule has 0 radical (unpaired) electrons. The van der Waals surface area contributed by atoms with E-state index >= 15 is 0 Å². The fourth-order valence-electron chi connectivity index (χ4n) is 4.95. The summed E-state index contributed by atoms with van der Waals surface area (Å²) >= 11 is 0. The van der Waals surface area contributed by atoms with Crippen LogP contribution in [-0.2, 0) is 37.9 Å². The largest absolute Gasteiger partial charge is 0.458 e. The van der Waals surface area contributed by atoms with Gasteiger partial charge in [-0.05, 0) is 31.0 Å².